The van der Waals surface area contributed by atoms with Crippen molar-refractivity contribution in [2.24, 2.45) is 0 Å². The van der Waals surface area contributed by atoms with Gasteiger partial charge in [0.25, 0.3) is 7.82 Å². The van der Waals surface area contributed by atoms with Crippen molar-refractivity contribution >= 4 is 13.7 Å². The molecule has 0 aromatic rings. The van der Waals surface area contributed by atoms with E-state index in [9.17, 15) is 24.5 Å². The summed E-state index contributed by atoms with van der Waals surface area (Å²) in [5.41, 5.74) is 0. The monoisotopic (exact) mass is 741 g/mol. The summed E-state index contributed by atoms with van der Waals surface area (Å²) in [4.78, 5) is 25.2. The first-order chi connectivity index (χ1) is 24.4. The smallest absolute Gasteiger partial charge is 0.268 e. The lowest BCUT2D eigenvalue weighted by molar-refractivity contribution is -0.870. The highest BCUT2D eigenvalue weighted by Crippen LogP contribution is 2.38. The molecule has 0 aliphatic carbocycles. The van der Waals surface area contributed by atoms with Crippen LogP contribution >= 0.6 is 7.82 Å². The van der Waals surface area contributed by atoms with Crippen LogP contribution in [0, 0.1) is 0 Å². The number of aliphatic hydroxyl groups excluding tert-OH is 2. The summed E-state index contributed by atoms with van der Waals surface area (Å²) in [6.45, 7) is 4.44. The van der Waals surface area contributed by atoms with Crippen LogP contribution in [0.2, 0.25) is 0 Å². The summed E-state index contributed by atoms with van der Waals surface area (Å²) < 4.78 is 23.0. The van der Waals surface area contributed by atoms with E-state index in [0.717, 1.165) is 32.1 Å². The SMILES string of the molecule is CCCCCCCC/C=C/C/C=C/C=C/C(O)CCCC(=O)N[C@@H](COP(=O)([O-])OCC[N+](C)(C)C)[C@H](O)/C=C/CCCCCCCCCCC. The summed E-state index contributed by atoms with van der Waals surface area (Å²) in [7, 11) is 1.14. The number of carbonyl (C=O) groups excluding carboxylic acids is 1. The third-order valence-electron chi connectivity index (χ3n) is 8.64. The Hall–Kier alpha value is -1.58. The lowest BCUT2D eigenvalue weighted by atomic mass is 10.1. The molecular weight excluding hydrogens is 663 g/mol. The van der Waals surface area contributed by atoms with Crippen LogP contribution in [-0.4, -0.2) is 79.8 Å². The van der Waals surface area contributed by atoms with Crippen LogP contribution in [0.3, 0.4) is 0 Å². The average Bonchev–Trinajstić information content (AvgIpc) is 3.06. The zero-order chi connectivity index (χ0) is 38.1. The standard InChI is InChI=1S/C41H77N2O7P/c1-6-8-10-12-14-16-18-19-21-22-24-26-28-31-38(44)32-30-34-41(46)42-39(37-50-51(47,48)49-36-35-43(3,4)5)40(45)33-29-27-25-23-20-17-15-13-11-9-7-2/h19,21,24,26,28-29,31,33,38-40,44-45H,6-18,20,22-23,25,27,30,32,34-37H2,1-5H3,(H-,42,46,47,48)/b21-19+,26-24+,31-28+,33-29+/t38?,39-,40+/m0/s1. The van der Waals surface area contributed by atoms with Gasteiger partial charge in [-0.25, -0.2) is 0 Å². The number of nitrogens with zero attached hydrogens (tertiary/aromatic N) is 1. The first kappa shape index (κ1) is 49.4. The number of aliphatic hydroxyl groups is 2. The molecule has 0 rings (SSSR count). The molecule has 2 unspecified atom stereocenters. The van der Waals surface area contributed by atoms with Gasteiger partial charge in [0.15, 0.2) is 0 Å². The molecule has 10 heteroatoms. The second kappa shape index (κ2) is 33.0. The van der Waals surface area contributed by atoms with E-state index in [2.05, 4.69) is 31.3 Å². The summed E-state index contributed by atoms with van der Waals surface area (Å²) in [5.74, 6) is -0.356. The highest BCUT2D eigenvalue weighted by atomic mass is 31.2. The normalized spacial score (nSPS) is 15.7. The van der Waals surface area contributed by atoms with Gasteiger partial charge in [-0.2, -0.15) is 0 Å². The topological polar surface area (TPSA) is 128 Å². The minimum atomic E-state index is -4.63. The summed E-state index contributed by atoms with van der Waals surface area (Å²) in [5, 5.41) is 23.9. The van der Waals surface area contributed by atoms with Gasteiger partial charge in [-0.15, -0.1) is 0 Å². The number of phosphoric ester groups is 1. The van der Waals surface area contributed by atoms with Crippen molar-refractivity contribution in [1.29, 1.82) is 0 Å². The van der Waals surface area contributed by atoms with Crippen LogP contribution < -0.4 is 10.2 Å². The van der Waals surface area contributed by atoms with Gasteiger partial charge >= 0.3 is 0 Å². The number of nitrogens with one attached hydrogen (secondary N) is 1. The molecule has 9 nitrogen and oxygen atoms in total. The Bertz CT molecular complexity index is 993. The van der Waals surface area contributed by atoms with Crippen molar-refractivity contribution in [3.05, 3.63) is 48.6 Å². The Morgan fingerprint density at radius 1 is 0.745 bits per heavy atom. The molecule has 51 heavy (non-hydrogen) atoms. The number of phosphoric acid groups is 1. The van der Waals surface area contributed by atoms with Gasteiger partial charge in [-0.05, 0) is 44.9 Å². The molecule has 0 radical (unpaired) electrons. The van der Waals surface area contributed by atoms with Crippen LogP contribution in [-0.2, 0) is 18.4 Å². The molecule has 0 aliphatic rings. The van der Waals surface area contributed by atoms with E-state index in [0.29, 0.717) is 23.9 Å². The first-order valence-electron chi connectivity index (χ1n) is 20.1. The van der Waals surface area contributed by atoms with Crippen LogP contribution in [0.1, 0.15) is 149 Å². The Balaban J connectivity index is 4.71. The Morgan fingerprint density at radius 2 is 1.31 bits per heavy atom. The van der Waals surface area contributed by atoms with Gasteiger partial charge in [0.05, 0.1) is 46.0 Å². The van der Waals surface area contributed by atoms with Gasteiger partial charge in [-0.3, -0.25) is 9.36 Å². The Kier molecular flexibility index (Phi) is 32.0. The Labute approximate surface area is 312 Å². The van der Waals surface area contributed by atoms with Crippen LogP contribution in [0.4, 0.5) is 0 Å². The summed E-state index contributed by atoms with van der Waals surface area (Å²) >= 11 is 0. The van der Waals surface area contributed by atoms with E-state index >= 15 is 0 Å². The van der Waals surface area contributed by atoms with Crippen molar-refractivity contribution in [2.75, 3.05) is 40.9 Å². The fraction of sp³-hybridized carbons (Fsp3) is 0.780. The van der Waals surface area contributed by atoms with Crippen LogP contribution in [0.5, 0.6) is 0 Å². The number of hydrogen-bond acceptors (Lipinski definition) is 7. The van der Waals surface area contributed by atoms with Gasteiger partial charge in [0.1, 0.15) is 13.2 Å². The number of rotatable bonds is 35. The maximum absolute atomic E-state index is 12.8. The maximum Gasteiger partial charge on any atom is 0.268 e. The quantitative estimate of drug-likeness (QED) is 0.0195. The average molecular weight is 741 g/mol. The predicted octanol–water partition coefficient (Wildman–Crippen LogP) is 8.86. The molecule has 0 saturated heterocycles. The summed E-state index contributed by atoms with van der Waals surface area (Å²) in [6, 6.07) is -0.976. The second-order valence-electron chi connectivity index (χ2n) is 14.8. The molecule has 0 aromatic carbocycles. The lowest BCUT2D eigenvalue weighted by Gasteiger charge is -2.29. The zero-order valence-electron chi connectivity index (χ0n) is 33.2. The number of hydrogen-bond donors (Lipinski definition) is 3. The Morgan fingerprint density at radius 3 is 1.90 bits per heavy atom. The number of likely N-dealkylation sites (N-methyl/N-ethyl adjacent to an activating group) is 1. The molecule has 1 amide bonds. The number of carbonyl (C=O) groups is 1. The minimum absolute atomic E-state index is 0.0363. The minimum Gasteiger partial charge on any atom is -0.756 e. The molecule has 4 atom stereocenters. The van der Waals surface area contributed by atoms with E-state index in [1.165, 1.54) is 83.5 Å². The van der Waals surface area contributed by atoms with E-state index in [4.69, 9.17) is 9.05 Å². The van der Waals surface area contributed by atoms with E-state index in [1.807, 2.05) is 45.4 Å². The molecule has 0 fully saturated rings. The molecule has 0 heterocycles. The predicted molar refractivity (Wildman–Crippen MR) is 211 cm³/mol. The summed E-state index contributed by atoms with van der Waals surface area (Å²) in [6.07, 6.45) is 36.1. The van der Waals surface area contributed by atoms with Gasteiger partial charge in [0, 0.05) is 6.42 Å². The van der Waals surface area contributed by atoms with Crippen LogP contribution in [0.25, 0.3) is 0 Å². The molecule has 3 N–H and O–H groups in total. The number of allylic oxidation sites excluding steroid dienone is 6. The molecule has 0 bridgehead atoms. The van der Waals surface area contributed by atoms with Crippen molar-refractivity contribution in [1.82, 2.24) is 5.32 Å². The molecule has 298 valence electrons. The maximum atomic E-state index is 12.8. The second-order valence-corrected chi connectivity index (χ2v) is 16.2. The zero-order valence-corrected chi connectivity index (χ0v) is 34.0. The van der Waals surface area contributed by atoms with Gasteiger partial charge in [0.2, 0.25) is 5.91 Å². The van der Waals surface area contributed by atoms with Gasteiger partial charge < -0.3 is 34.0 Å². The van der Waals surface area contributed by atoms with Crippen LogP contribution in [0.15, 0.2) is 48.6 Å². The first-order valence-corrected chi connectivity index (χ1v) is 21.6. The van der Waals surface area contributed by atoms with Crippen molar-refractivity contribution in [3.63, 3.8) is 0 Å². The fourth-order valence-corrected chi connectivity index (χ4v) is 6.06. The third-order valence-corrected chi connectivity index (χ3v) is 9.60. The highest BCUT2D eigenvalue weighted by Gasteiger charge is 2.23. The van der Waals surface area contributed by atoms with E-state index < -0.39 is 32.7 Å². The lowest BCUT2D eigenvalue weighted by Crippen LogP contribution is -2.45. The number of unbranched alkanes of at least 4 members (excludes halogenated alkanes) is 15. The van der Waals surface area contributed by atoms with Crippen molar-refractivity contribution < 1.29 is 38.0 Å². The van der Waals surface area contributed by atoms with E-state index in [-0.39, 0.29) is 18.9 Å². The van der Waals surface area contributed by atoms with Crippen molar-refractivity contribution in [2.45, 2.75) is 167 Å². The third kappa shape index (κ3) is 35.2. The van der Waals surface area contributed by atoms with Crippen molar-refractivity contribution in [3.8, 4) is 0 Å². The fourth-order valence-electron chi connectivity index (χ4n) is 5.34. The molecule has 0 spiro atoms. The molecule has 0 aliphatic heterocycles. The molecular formula is C41H77N2O7P. The molecule has 0 saturated carbocycles. The highest BCUT2D eigenvalue weighted by molar-refractivity contribution is 7.45. The van der Waals surface area contributed by atoms with Gasteiger partial charge in [-0.1, -0.05) is 146 Å². The number of quaternary nitrogens is 1. The van der Waals surface area contributed by atoms with E-state index in [1.54, 1.807) is 12.2 Å². The largest absolute Gasteiger partial charge is 0.756 e. The number of amides is 1. The molecule has 0 aromatic heterocycles.